The molecule has 1 aromatic rings. The Balaban J connectivity index is 2.49. The maximum atomic E-state index is 11.2. The summed E-state index contributed by atoms with van der Waals surface area (Å²) in [6, 6.07) is 9.34. The second-order valence-electron chi connectivity index (χ2n) is 2.36. The molecule has 0 aliphatic rings. The van der Waals surface area contributed by atoms with Gasteiger partial charge in [0, 0.05) is 28.3 Å². The Morgan fingerprint density at radius 1 is 1.38 bits per heavy atom. The Bertz CT molecular complexity index is 337. The standard InChI is InChI=1S/C10H8INO/c11-8-4-7-10(13)12-9-5-2-1-3-6-9/h1-3,5-6H,7H2,(H,12,13). The molecule has 0 atom stereocenters. The molecule has 1 N–H and O–H groups in total. The summed E-state index contributed by atoms with van der Waals surface area (Å²) in [6.07, 6.45) is 0.248. The predicted molar refractivity (Wildman–Crippen MR) is 61.5 cm³/mol. The van der Waals surface area contributed by atoms with Crippen molar-refractivity contribution in [2.24, 2.45) is 0 Å². The normalized spacial score (nSPS) is 8.38. The third-order valence-electron chi connectivity index (χ3n) is 1.37. The first-order valence-electron chi connectivity index (χ1n) is 3.76. The summed E-state index contributed by atoms with van der Waals surface area (Å²) < 4.78 is 2.64. The van der Waals surface area contributed by atoms with E-state index >= 15 is 0 Å². The van der Waals surface area contributed by atoms with Crippen LogP contribution in [0.2, 0.25) is 0 Å². The fourth-order valence-electron chi connectivity index (χ4n) is 0.840. The van der Waals surface area contributed by atoms with Crippen LogP contribution in [-0.4, -0.2) is 5.91 Å². The summed E-state index contributed by atoms with van der Waals surface area (Å²) in [4.78, 5) is 11.2. The zero-order chi connectivity index (χ0) is 9.52. The van der Waals surface area contributed by atoms with Crippen LogP contribution in [0.4, 0.5) is 5.69 Å². The van der Waals surface area contributed by atoms with Gasteiger partial charge in [-0.25, -0.2) is 0 Å². The summed E-state index contributed by atoms with van der Waals surface area (Å²) in [5, 5.41) is 2.73. The number of hydrogen-bond acceptors (Lipinski definition) is 1. The van der Waals surface area contributed by atoms with Gasteiger partial charge in [-0.3, -0.25) is 4.79 Å². The highest BCUT2D eigenvalue weighted by Crippen LogP contribution is 2.04. The first-order chi connectivity index (χ1) is 6.33. The Morgan fingerprint density at radius 2 is 2.08 bits per heavy atom. The SMILES string of the molecule is O=C(CC#CI)Nc1ccccc1. The zero-order valence-corrected chi connectivity index (χ0v) is 9.04. The number of anilines is 1. The molecule has 66 valence electrons. The molecule has 1 aromatic carbocycles. The lowest BCUT2D eigenvalue weighted by atomic mass is 10.3. The number of amides is 1. The number of para-hydroxylation sites is 1. The van der Waals surface area contributed by atoms with Crippen molar-refractivity contribution >= 4 is 34.2 Å². The molecule has 0 bridgehead atoms. The largest absolute Gasteiger partial charge is 0.325 e. The van der Waals surface area contributed by atoms with E-state index in [1.165, 1.54) is 0 Å². The van der Waals surface area contributed by atoms with Gasteiger partial charge in [0.1, 0.15) is 0 Å². The Kier molecular flexibility index (Phi) is 4.33. The van der Waals surface area contributed by atoms with Crippen LogP contribution >= 0.6 is 22.6 Å². The molecular formula is C10H8INO. The van der Waals surface area contributed by atoms with E-state index in [4.69, 9.17) is 0 Å². The average molecular weight is 285 g/mol. The van der Waals surface area contributed by atoms with Crippen LogP contribution in [0.1, 0.15) is 6.42 Å². The number of benzene rings is 1. The van der Waals surface area contributed by atoms with E-state index < -0.39 is 0 Å². The maximum Gasteiger partial charge on any atom is 0.236 e. The van der Waals surface area contributed by atoms with Gasteiger partial charge in [0.15, 0.2) is 0 Å². The molecule has 13 heavy (non-hydrogen) atoms. The lowest BCUT2D eigenvalue weighted by molar-refractivity contribution is -0.115. The molecule has 0 spiro atoms. The van der Waals surface area contributed by atoms with Crippen molar-refractivity contribution in [2.45, 2.75) is 6.42 Å². The van der Waals surface area contributed by atoms with E-state index in [1.54, 1.807) is 0 Å². The van der Waals surface area contributed by atoms with E-state index in [1.807, 2.05) is 52.9 Å². The van der Waals surface area contributed by atoms with Crippen LogP contribution in [0.5, 0.6) is 0 Å². The number of rotatable bonds is 2. The molecule has 1 rings (SSSR count). The Morgan fingerprint density at radius 3 is 2.69 bits per heavy atom. The monoisotopic (exact) mass is 285 g/mol. The second-order valence-corrected chi connectivity index (χ2v) is 2.90. The van der Waals surface area contributed by atoms with Gasteiger partial charge in [-0.15, -0.1) is 0 Å². The van der Waals surface area contributed by atoms with Crippen LogP contribution in [0.15, 0.2) is 30.3 Å². The first-order valence-corrected chi connectivity index (χ1v) is 4.84. The average Bonchev–Trinajstić information content (AvgIpc) is 2.16. The van der Waals surface area contributed by atoms with Gasteiger partial charge in [-0.1, -0.05) is 24.1 Å². The number of carbonyl (C=O) groups excluding carboxylic acids is 1. The minimum atomic E-state index is -0.0737. The van der Waals surface area contributed by atoms with Crippen LogP contribution in [0.3, 0.4) is 0 Å². The van der Waals surface area contributed by atoms with Gasteiger partial charge in [-0.05, 0) is 16.1 Å². The third-order valence-corrected chi connectivity index (χ3v) is 1.75. The summed E-state index contributed by atoms with van der Waals surface area (Å²) in [7, 11) is 0. The molecule has 3 heteroatoms. The van der Waals surface area contributed by atoms with Crippen molar-refractivity contribution in [3.05, 3.63) is 30.3 Å². The van der Waals surface area contributed by atoms with Crippen molar-refractivity contribution in [2.75, 3.05) is 5.32 Å². The lowest BCUT2D eigenvalue weighted by Crippen LogP contribution is -2.09. The van der Waals surface area contributed by atoms with E-state index in [-0.39, 0.29) is 12.3 Å². The number of hydrogen-bond donors (Lipinski definition) is 1. The molecular weight excluding hydrogens is 277 g/mol. The molecule has 0 aliphatic carbocycles. The van der Waals surface area contributed by atoms with Crippen molar-refractivity contribution < 1.29 is 4.79 Å². The predicted octanol–water partition coefficient (Wildman–Crippen LogP) is 2.41. The van der Waals surface area contributed by atoms with E-state index in [2.05, 4.69) is 15.2 Å². The molecule has 0 aromatic heterocycles. The Hall–Kier alpha value is -1.02. The third kappa shape index (κ3) is 3.95. The van der Waals surface area contributed by atoms with Crippen LogP contribution in [0.25, 0.3) is 0 Å². The lowest BCUT2D eigenvalue weighted by Gasteiger charge is -2.00. The van der Waals surface area contributed by atoms with Gasteiger partial charge in [0.25, 0.3) is 0 Å². The molecule has 0 aliphatic heterocycles. The Labute approximate surface area is 90.9 Å². The summed E-state index contributed by atoms with van der Waals surface area (Å²) in [6.45, 7) is 0. The molecule has 1 amide bonds. The van der Waals surface area contributed by atoms with Crippen LogP contribution < -0.4 is 5.32 Å². The number of halogens is 1. The van der Waals surface area contributed by atoms with Gasteiger partial charge < -0.3 is 5.32 Å². The van der Waals surface area contributed by atoms with E-state index in [9.17, 15) is 4.79 Å². The number of carbonyl (C=O) groups is 1. The number of nitrogens with one attached hydrogen (secondary N) is 1. The highest BCUT2D eigenvalue weighted by atomic mass is 127. The molecule has 2 nitrogen and oxygen atoms in total. The van der Waals surface area contributed by atoms with E-state index in [0.29, 0.717) is 0 Å². The van der Waals surface area contributed by atoms with Crippen molar-refractivity contribution in [3.63, 3.8) is 0 Å². The molecule has 0 radical (unpaired) electrons. The van der Waals surface area contributed by atoms with Gasteiger partial charge in [0.05, 0.1) is 6.42 Å². The first kappa shape index (κ1) is 10.1. The van der Waals surface area contributed by atoms with Gasteiger partial charge >= 0.3 is 0 Å². The van der Waals surface area contributed by atoms with Crippen molar-refractivity contribution in [3.8, 4) is 9.85 Å². The minimum absolute atomic E-state index is 0.0737. The fourth-order valence-corrected chi connectivity index (χ4v) is 1.03. The van der Waals surface area contributed by atoms with E-state index in [0.717, 1.165) is 5.69 Å². The molecule has 0 saturated heterocycles. The smallest absolute Gasteiger partial charge is 0.236 e. The van der Waals surface area contributed by atoms with Crippen molar-refractivity contribution in [1.29, 1.82) is 0 Å². The summed E-state index contributed by atoms with van der Waals surface area (Å²) >= 11 is 1.91. The fraction of sp³-hybridized carbons (Fsp3) is 0.100. The van der Waals surface area contributed by atoms with Gasteiger partial charge in [-0.2, -0.15) is 0 Å². The molecule has 0 fully saturated rings. The molecule has 0 saturated carbocycles. The summed E-state index contributed by atoms with van der Waals surface area (Å²) in [5.41, 5.74) is 0.808. The topological polar surface area (TPSA) is 29.1 Å². The van der Waals surface area contributed by atoms with Gasteiger partial charge in [0.2, 0.25) is 5.91 Å². The molecule has 0 heterocycles. The quantitative estimate of drug-likeness (QED) is 0.656. The van der Waals surface area contributed by atoms with Crippen molar-refractivity contribution in [1.82, 2.24) is 0 Å². The minimum Gasteiger partial charge on any atom is -0.325 e. The van der Waals surface area contributed by atoms with Crippen LogP contribution in [-0.2, 0) is 4.79 Å². The van der Waals surface area contributed by atoms with Crippen LogP contribution in [0, 0.1) is 9.85 Å². The highest BCUT2D eigenvalue weighted by Gasteiger charge is 1.97. The second kappa shape index (κ2) is 5.60. The zero-order valence-electron chi connectivity index (χ0n) is 6.88. The summed E-state index contributed by atoms with van der Waals surface area (Å²) in [5.74, 6) is 2.62. The highest BCUT2D eigenvalue weighted by molar-refractivity contribution is 14.1. The maximum absolute atomic E-state index is 11.2. The molecule has 0 unspecified atom stereocenters.